The molecule has 2 unspecified atom stereocenters. The molecule has 3 aliphatic carbocycles. The summed E-state index contributed by atoms with van der Waals surface area (Å²) < 4.78 is 18.5. The van der Waals surface area contributed by atoms with Crippen LogP contribution in [-0.4, -0.2) is 52.1 Å². The van der Waals surface area contributed by atoms with E-state index in [1.54, 1.807) is 34.6 Å². The van der Waals surface area contributed by atoms with Gasteiger partial charge in [0.1, 0.15) is 23.5 Å². The number of amides is 1. The zero-order chi connectivity index (χ0) is 31.7. The molecule has 5 rings (SSSR count). The van der Waals surface area contributed by atoms with E-state index in [-0.39, 0.29) is 17.5 Å². The van der Waals surface area contributed by atoms with Crippen LogP contribution in [0.2, 0.25) is 0 Å². The molecule has 8 nitrogen and oxygen atoms in total. The highest BCUT2D eigenvalue weighted by Gasteiger charge is 2.61. The van der Waals surface area contributed by atoms with Crippen LogP contribution in [-0.2, 0) is 28.6 Å². The average molecular weight is 590 g/mol. The highest BCUT2D eigenvalue weighted by atomic mass is 16.6. The standard InChI is InChI=1S/C35H43NO7/c1-20-15-18-25-33(5,6)26-22(23(37)16-17-24(26)38)19-35(25,9)29(20)41-30(39)28-27(21-13-11-10-12-14-21)36(34(7,8)42-28)31(40)43-32(2,3)4/h10-17,19,25-29H,18H2,1-9H3/t25-,26?,27-,28+,29?,35-/m0/s1. The summed E-state index contributed by atoms with van der Waals surface area (Å²) in [6.07, 6.45) is 4.90. The van der Waals surface area contributed by atoms with Crippen molar-refractivity contribution in [2.75, 3.05) is 0 Å². The molecule has 4 aliphatic rings. The van der Waals surface area contributed by atoms with Crippen molar-refractivity contribution < 1.29 is 33.4 Å². The highest BCUT2D eigenvalue weighted by Crippen LogP contribution is 2.60. The van der Waals surface area contributed by atoms with E-state index >= 15 is 0 Å². The molecule has 0 N–H and O–H groups in total. The monoisotopic (exact) mass is 589 g/mol. The molecular formula is C35H43NO7. The first-order chi connectivity index (χ1) is 19.9. The fourth-order valence-electron chi connectivity index (χ4n) is 7.82. The molecule has 8 heteroatoms. The number of ketones is 2. The van der Waals surface area contributed by atoms with Gasteiger partial charge >= 0.3 is 12.1 Å². The summed E-state index contributed by atoms with van der Waals surface area (Å²) in [6, 6.07) is 8.46. The van der Waals surface area contributed by atoms with Gasteiger partial charge in [0.15, 0.2) is 17.7 Å². The van der Waals surface area contributed by atoms with Crippen LogP contribution in [0.1, 0.15) is 80.3 Å². The maximum Gasteiger partial charge on any atom is 0.413 e. The van der Waals surface area contributed by atoms with E-state index in [1.807, 2.05) is 64.1 Å². The SMILES string of the molecule is CC1=CC[C@H]2C(C)(C)C3C(=O)C=CC(=O)C3=C[C@]2(C)C1OC(=O)[C@@H]1OC(C)(C)N(C(=O)OC(C)(C)C)[C@H]1c1ccccc1. The molecule has 230 valence electrons. The normalized spacial score (nSPS) is 32.8. The number of nitrogens with zero attached hydrogens (tertiary/aromatic N) is 1. The number of rotatable bonds is 3. The summed E-state index contributed by atoms with van der Waals surface area (Å²) in [5, 5.41) is 0. The summed E-state index contributed by atoms with van der Waals surface area (Å²) >= 11 is 0. The summed E-state index contributed by atoms with van der Waals surface area (Å²) in [6.45, 7) is 16.8. The Labute approximate surface area is 254 Å². The van der Waals surface area contributed by atoms with Crippen LogP contribution in [0.3, 0.4) is 0 Å². The van der Waals surface area contributed by atoms with Gasteiger partial charge in [-0.25, -0.2) is 9.59 Å². The number of benzene rings is 1. The van der Waals surface area contributed by atoms with Crippen LogP contribution in [0.15, 0.2) is 65.8 Å². The fourth-order valence-corrected chi connectivity index (χ4v) is 7.82. The van der Waals surface area contributed by atoms with E-state index in [4.69, 9.17) is 14.2 Å². The van der Waals surface area contributed by atoms with Crippen molar-refractivity contribution in [3.8, 4) is 0 Å². The minimum Gasteiger partial charge on any atom is -0.455 e. The lowest BCUT2D eigenvalue weighted by Crippen LogP contribution is -2.57. The van der Waals surface area contributed by atoms with Gasteiger partial charge in [-0.3, -0.25) is 14.5 Å². The molecular weight excluding hydrogens is 546 g/mol. The summed E-state index contributed by atoms with van der Waals surface area (Å²) in [5.74, 6) is -1.51. The molecule has 43 heavy (non-hydrogen) atoms. The van der Waals surface area contributed by atoms with Crippen molar-refractivity contribution in [3.05, 3.63) is 71.3 Å². The van der Waals surface area contributed by atoms with Crippen LogP contribution in [0.4, 0.5) is 4.79 Å². The predicted molar refractivity (Wildman–Crippen MR) is 161 cm³/mol. The molecule has 1 aliphatic heterocycles. The summed E-state index contributed by atoms with van der Waals surface area (Å²) in [5.41, 5.74) is -1.23. The largest absolute Gasteiger partial charge is 0.455 e. The zero-order valence-corrected chi connectivity index (χ0v) is 26.6. The van der Waals surface area contributed by atoms with Crippen LogP contribution in [0.5, 0.6) is 0 Å². The number of hydrogen-bond donors (Lipinski definition) is 0. The Kier molecular flexibility index (Phi) is 7.40. The lowest BCUT2D eigenvalue weighted by molar-refractivity contribution is -0.174. The Balaban J connectivity index is 1.54. The van der Waals surface area contributed by atoms with Gasteiger partial charge in [0, 0.05) is 11.0 Å². The first kappa shape index (κ1) is 30.9. The number of allylic oxidation sites excluding steroid dienone is 4. The first-order valence-corrected chi connectivity index (χ1v) is 15.0. The molecule has 1 fully saturated rings. The maximum atomic E-state index is 14.3. The Morgan fingerprint density at radius 2 is 1.65 bits per heavy atom. The van der Waals surface area contributed by atoms with Gasteiger partial charge < -0.3 is 14.2 Å². The maximum absolute atomic E-state index is 14.3. The third-order valence-corrected chi connectivity index (χ3v) is 9.55. The molecule has 0 spiro atoms. The van der Waals surface area contributed by atoms with Crippen molar-refractivity contribution in [2.24, 2.45) is 22.7 Å². The average Bonchev–Trinajstić information content (AvgIpc) is 3.18. The second-order valence-electron chi connectivity index (χ2n) is 14.6. The molecule has 1 heterocycles. The Hall–Kier alpha value is -3.52. The van der Waals surface area contributed by atoms with Crippen molar-refractivity contribution in [2.45, 2.75) is 98.3 Å². The molecule has 1 aromatic carbocycles. The van der Waals surface area contributed by atoms with Gasteiger partial charge in [0.05, 0.1) is 5.92 Å². The van der Waals surface area contributed by atoms with Crippen molar-refractivity contribution in [3.63, 3.8) is 0 Å². The molecule has 0 aromatic heterocycles. The third-order valence-electron chi connectivity index (χ3n) is 9.55. The van der Waals surface area contributed by atoms with E-state index in [2.05, 4.69) is 6.08 Å². The second-order valence-corrected chi connectivity index (χ2v) is 14.6. The lowest BCUT2D eigenvalue weighted by atomic mass is 9.47. The fraction of sp³-hybridized carbons (Fsp3) is 0.543. The van der Waals surface area contributed by atoms with Crippen molar-refractivity contribution in [1.29, 1.82) is 0 Å². The topological polar surface area (TPSA) is 99.2 Å². The number of esters is 1. The van der Waals surface area contributed by atoms with E-state index < -0.39 is 58.4 Å². The summed E-state index contributed by atoms with van der Waals surface area (Å²) in [4.78, 5) is 55.4. The van der Waals surface area contributed by atoms with E-state index in [0.717, 1.165) is 5.57 Å². The molecule has 0 bridgehead atoms. The van der Waals surface area contributed by atoms with Gasteiger partial charge in [-0.05, 0) is 82.6 Å². The van der Waals surface area contributed by atoms with Gasteiger partial charge in [0.2, 0.25) is 0 Å². The minimum atomic E-state index is -1.18. The second kappa shape index (κ2) is 10.3. The number of carbonyl (C=O) groups is 4. The van der Waals surface area contributed by atoms with Gasteiger partial charge in [-0.1, -0.05) is 63.3 Å². The molecule has 6 atom stereocenters. The highest BCUT2D eigenvalue weighted by molar-refractivity contribution is 6.16. The minimum absolute atomic E-state index is 0.0766. The van der Waals surface area contributed by atoms with Gasteiger partial charge in [0.25, 0.3) is 0 Å². The van der Waals surface area contributed by atoms with Crippen LogP contribution in [0, 0.1) is 22.7 Å². The molecule has 0 saturated carbocycles. The number of carbonyl (C=O) groups excluding carboxylic acids is 4. The quantitative estimate of drug-likeness (QED) is 0.302. The Morgan fingerprint density at radius 3 is 2.28 bits per heavy atom. The number of fused-ring (bicyclic) bond motifs is 2. The Bertz CT molecular complexity index is 1440. The zero-order valence-electron chi connectivity index (χ0n) is 26.6. The number of ether oxygens (including phenoxy) is 3. The number of hydrogen-bond acceptors (Lipinski definition) is 7. The van der Waals surface area contributed by atoms with Gasteiger partial charge in [-0.15, -0.1) is 0 Å². The first-order valence-electron chi connectivity index (χ1n) is 15.0. The third kappa shape index (κ3) is 5.17. The molecule has 0 radical (unpaired) electrons. The van der Waals surface area contributed by atoms with E-state index in [9.17, 15) is 19.2 Å². The van der Waals surface area contributed by atoms with E-state index in [0.29, 0.717) is 17.6 Å². The van der Waals surface area contributed by atoms with Crippen LogP contribution >= 0.6 is 0 Å². The van der Waals surface area contributed by atoms with Crippen molar-refractivity contribution >= 4 is 23.6 Å². The predicted octanol–water partition coefficient (Wildman–Crippen LogP) is 6.27. The van der Waals surface area contributed by atoms with Crippen LogP contribution < -0.4 is 0 Å². The van der Waals surface area contributed by atoms with Gasteiger partial charge in [-0.2, -0.15) is 0 Å². The molecule has 1 saturated heterocycles. The molecule has 1 aromatic rings. The lowest BCUT2D eigenvalue weighted by Gasteiger charge is -2.56. The van der Waals surface area contributed by atoms with Crippen molar-refractivity contribution in [1.82, 2.24) is 4.90 Å². The summed E-state index contributed by atoms with van der Waals surface area (Å²) in [7, 11) is 0. The molecule has 1 amide bonds. The smallest absolute Gasteiger partial charge is 0.413 e. The Morgan fingerprint density at radius 1 is 1.00 bits per heavy atom. The van der Waals surface area contributed by atoms with E-state index in [1.165, 1.54) is 17.1 Å². The van der Waals surface area contributed by atoms with Crippen LogP contribution in [0.25, 0.3) is 0 Å².